The average Bonchev–Trinajstić information content (AvgIpc) is 3.28. The van der Waals surface area contributed by atoms with Crippen molar-refractivity contribution in [2.75, 3.05) is 18.9 Å². The number of pyridine rings is 1. The molecule has 0 saturated carbocycles. The summed E-state index contributed by atoms with van der Waals surface area (Å²) in [6.45, 7) is 4.94. The van der Waals surface area contributed by atoms with Gasteiger partial charge in [-0.05, 0) is 32.0 Å². The van der Waals surface area contributed by atoms with E-state index in [1.807, 2.05) is 36.9 Å². The first kappa shape index (κ1) is 20.3. The van der Waals surface area contributed by atoms with Crippen LogP contribution in [-0.2, 0) is 0 Å². The summed E-state index contributed by atoms with van der Waals surface area (Å²) in [6, 6.07) is 8.59. The molecule has 1 saturated heterocycles. The van der Waals surface area contributed by atoms with Gasteiger partial charge in [0.25, 0.3) is 5.91 Å². The Morgan fingerprint density at radius 1 is 1.27 bits per heavy atom. The van der Waals surface area contributed by atoms with E-state index in [4.69, 9.17) is 4.74 Å². The van der Waals surface area contributed by atoms with E-state index >= 15 is 0 Å². The summed E-state index contributed by atoms with van der Waals surface area (Å²) in [5.74, 6) is 0.723. The number of rotatable bonds is 5. The van der Waals surface area contributed by atoms with E-state index in [0.29, 0.717) is 30.3 Å². The van der Waals surface area contributed by atoms with Crippen molar-refractivity contribution in [3.05, 3.63) is 65.9 Å². The molecule has 3 heterocycles. The van der Waals surface area contributed by atoms with Crippen LogP contribution in [0.1, 0.15) is 22.8 Å². The van der Waals surface area contributed by atoms with Crippen molar-refractivity contribution in [3.63, 3.8) is 0 Å². The SMILES string of the molecule is Cc1ccc(-n2nccn2)c(C(=O)N2C[C@H](COc3ccc(F)cn3)SC[C@H]2C)c1. The molecule has 0 aliphatic carbocycles. The van der Waals surface area contributed by atoms with Crippen molar-refractivity contribution in [2.24, 2.45) is 0 Å². The fourth-order valence-corrected chi connectivity index (χ4v) is 4.48. The number of aromatic nitrogens is 4. The number of ether oxygens (including phenoxy) is 1. The number of aryl methyl sites for hydroxylation is 1. The van der Waals surface area contributed by atoms with Gasteiger partial charge in [-0.3, -0.25) is 4.79 Å². The molecule has 30 heavy (non-hydrogen) atoms. The predicted molar refractivity (Wildman–Crippen MR) is 113 cm³/mol. The molecule has 1 aliphatic rings. The van der Waals surface area contributed by atoms with Gasteiger partial charge in [0.2, 0.25) is 5.88 Å². The second-order valence-corrected chi connectivity index (χ2v) is 8.56. The van der Waals surface area contributed by atoms with E-state index in [2.05, 4.69) is 15.2 Å². The Morgan fingerprint density at radius 2 is 2.07 bits per heavy atom. The number of nitrogens with zero attached hydrogens (tertiary/aromatic N) is 5. The van der Waals surface area contributed by atoms with Gasteiger partial charge in [-0.2, -0.15) is 26.8 Å². The third kappa shape index (κ3) is 4.46. The van der Waals surface area contributed by atoms with E-state index in [-0.39, 0.29) is 17.2 Å². The van der Waals surface area contributed by atoms with Gasteiger partial charge in [-0.15, -0.1) is 0 Å². The highest BCUT2D eigenvalue weighted by molar-refractivity contribution is 8.00. The summed E-state index contributed by atoms with van der Waals surface area (Å²) in [6.07, 6.45) is 4.31. The van der Waals surface area contributed by atoms with Crippen LogP contribution in [0.4, 0.5) is 4.39 Å². The van der Waals surface area contributed by atoms with Crippen molar-refractivity contribution in [3.8, 4) is 11.6 Å². The molecule has 0 spiro atoms. The number of hydrogen-bond donors (Lipinski definition) is 0. The minimum Gasteiger partial charge on any atom is -0.476 e. The molecule has 156 valence electrons. The third-order valence-corrected chi connectivity index (χ3v) is 6.33. The first-order valence-electron chi connectivity index (χ1n) is 9.65. The Kier molecular flexibility index (Phi) is 5.98. The molecule has 0 bridgehead atoms. The van der Waals surface area contributed by atoms with Crippen LogP contribution in [-0.4, -0.2) is 61.0 Å². The highest BCUT2D eigenvalue weighted by atomic mass is 32.2. The Morgan fingerprint density at radius 3 is 2.80 bits per heavy atom. The molecule has 4 rings (SSSR count). The van der Waals surface area contributed by atoms with Gasteiger partial charge in [-0.25, -0.2) is 9.37 Å². The number of halogens is 1. The number of hydrogen-bond acceptors (Lipinski definition) is 6. The van der Waals surface area contributed by atoms with Crippen LogP contribution < -0.4 is 4.74 Å². The zero-order valence-electron chi connectivity index (χ0n) is 16.7. The molecule has 0 radical (unpaired) electrons. The van der Waals surface area contributed by atoms with Gasteiger partial charge in [0, 0.05) is 24.4 Å². The maximum Gasteiger partial charge on any atom is 0.256 e. The minimum atomic E-state index is -0.402. The van der Waals surface area contributed by atoms with Crippen LogP contribution in [0.5, 0.6) is 5.88 Å². The Balaban J connectivity index is 1.50. The summed E-state index contributed by atoms with van der Waals surface area (Å²) in [5.41, 5.74) is 2.23. The van der Waals surface area contributed by atoms with E-state index < -0.39 is 5.82 Å². The topological polar surface area (TPSA) is 73.1 Å². The van der Waals surface area contributed by atoms with Gasteiger partial charge in [0.15, 0.2) is 0 Å². The van der Waals surface area contributed by atoms with Crippen molar-refractivity contribution in [2.45, 2.75) is 25.1 Å². The van der Waals surface area contributed by atoms with Gasteiger partial charge in [0.05, 0.1) is 35.1 Å². The molecule has 2 aromatic heterocycles. The first-order valence-corrected chi connectivity index (χ1v) is 10.7. The van der Waals surface area contributed by atoms with Crippen molar-refractivity contribution in [1.29, 1.82) is 0 Å². The van der Waals surface area contributed by atoms with Crippen LogP contribution in [0.25, 0.3) is 5.69 Å². The largest absolute Gasteiger partial charge is 0.476 e. The summed E-state index contributed by atoms with van der Waals surface area (Å²) in [5, 5.41) is 8.46. The number of benzene rings is 1. The maximum atomic E-state index is 13.5. The fraction of sp³-hybridized carbons (Fsp3) is 0.333. The molecule has 2 atom stereocenters. The molecule has 1 amide bonds. The zero-order valence-corrected chi connectivity index (χ0v) is 17.6. The van der Waals surface area contributed by atoms with Gasteiger partial charge in [0.1, 0.15) is 12.4 Å². The molecule has 1 fully saturated rings. The molecule has 1 aromatic carbocycles. The molecule has 0 unspecified atom stereocenters. The monoisotopic (exact) mass is 427 g/mol. The third-order valence-electron chi connectivity index (χ3n) is 4.90. The van der Waals surface area contributed by atoms with E-state index in [0.717, 1.165) is 17.5 Å². The smallest absolute Gasteiger partial charge is 0.256 e. The summed E-state index contributed by atoms with van der Waals surface area (Å²) < 4.78 is 18.7. The summed E-state index contributed by atoms with van der Waals surface area (Å²) in [7, 11) is 0. The quantitative estimate of drug-likeness (QED) is 0.623. The molecule has 0 N–H and O–H groups in total. The minimum absolute atomic E-state index is 0.0521. The van der Waals surface area contributed by atoms with Gasteiger partial charge in [-0.1, -0.05) is 11.6 Å². The summed E-state index contributed by atoms with van der Waals surface area (Å²) in [4.78, 5) is 20.8. The molecule has 9 heteroatoms. The van der Waals surface area contributed by atoms with Crippen molar-refractivity contribution >= 4 is 17.7 Å². The van der Waals surface area contributed by atoms with Crippen molar-refractivity contribution < 1.29 is 13.9 Å². The highest BCUT2D eigenvalue weighted by Crippen LogP contribution is 2.27. The van der Waals surface area contributed by atoms with E-state index in [1.54, 1.807) is 24.2 Å². The van der Waals surface area contributed by atoms with E-state index in [1.165, 1.54) is 16.9 Å². The number of carbonyl (C=O) groups excluding carboxylic acids is 1. The number of amides is 1. The van der Waals surface area contributed by atoms with Crippen molar-refractivity contribution in [1.82, 2.24) is 24.9 Å². The maximum absolute atomic E-state index is 13.5. The number of carbonyl (C=O) groups is 1. The molecular weight excluding hydrogens is 405 g/mol. The molecule has 7 nitrogen and oxygen atoms in total. The van der Waals surface area contributed by atoms with E-state index in [9.17, 15) is 9.18 Å². The van der Waals surface area contributed by atoms with Crippen LogP contribution in [0.3, 0.4) is 0 Å². The normalized spacial score (nSPS) is 19.0. The Bertz CT molecular complexity index is 1010. The molecule has 1 aliphatic heterocycles. The lowest BCUT2D eigenvalue weighted by Crippen LogP contribution is -2.49. The lowest BCUT2D eigenvalue weighted by atomic mass is 10.1. The average molecular weight is 428 g/mol. The Hall–Kier alpha value is -2.94. The van der Waals surface area contributed by atoms with Gasteiger partial charge >= 0.3 is 0 Å². The standard InChI is InChI=1S/C21H22FN5O2S/c1-14-3-5-19(27-24-7-8-25-27)18(9-14)21(28)26-11-17(30-13-15(26)2)12-29-20-6-4-16(22)10-23-20/h3-10,15,17H,11-13H2,1-2H3/t15-,17-/m1/s1. The first-order chi connectivity index (χ1) is 14.5. The second-order valence-electron chi connectivity index (χ2n) is 7.23. The fourth-order valence-electron chi connectivity index (χ4n) is 3.32. The molecular formula is C21H22FN5O2S. The van der Waals surface area contributed by atoms with Crippen LogP contribution in [0.15, 0.2) is 48.9 Å². The van der Waals surface area contributed by atoms with Crippen LogP contribution in [0.2, 0.25) is 0 Å². The number of thioether (sulfide) groups is 1. The highest BCUT2D eigenvalue weighted by Gasteiger charge is 2.32. The lowest BCUT2D eigenvalue weighted by molar-refractivity contribution is 0.0692. The van der Waals surface area contributed by atoms with Gasteiger partial charge < -0.3 is 9.64 Å². The van der Waals surface area contributed by atoms with Crippen LogP contribution in [0, 0.1) is 12.7 Å². The summed E-state index contributed by atoms with van der Waals surface area (Å²) >= 11 is 1.76. The lowest BCUT2D eigenvalue weighted by Gasteiger charge is -2.37. The Labute approximate surface area is 178 Å². The molecule has 3 aromatic rings. The second kappa shape index (κ2) is 8.83. The van der Waals surface area contributed by atoms with Crippen LogP contribution >= 0.6 is 11.8 Å². The predicted octanol–water partition coefficient (Wildman–Crippen LogP) is 3.13. The zero-order chi connectivity index (χ0) is 21.1.